The Kier molecular flexibility index (Phi) is 3.32. The number of nitrogens with one attached hydrogen (secondary N) is 1. The van der Waals surface area contributed by atoms with Crippen LogP contribution in [-0.4, -0.2) is 20.7 Å². The van der Waals surface area contributed by atoms with Crippen LogP contribution in [-0.2, 0) is 11.2 Å². The van der Waals surface area contributed by atoms with Crippen molar-refractivity contribution in [2.75, 3.05) is 0 Å². The zero-order valence-electron chi connectivity index (χ0n) is 10.0. The Bertz CT molecular complexity index is 517. The van der Waals surface area contributed by atoms with Gasteiger partial charge in [-0.15, -0.1) is 0 Å². The van der Waals surface area contributed by atoms with Crippen LogP contribution in [0.5, 0.6) is 0 Å². The molecule has 17 heavy (non-hydrogen) atoms. The number of rotatable bonds is 4. The van der Waals surface area contributed by atoms with E-state index in [4.69, 9.17) is 0 Å². The minimum Gasteiger partial charge on any atom is -0.346 e. The number of nitrogens with zero attached hydrogens (tertiary/aromatic N) is 2. The number of aromatic amines is 1. The fourth-order valence-electron chi connectivity index (χ4n) is 1.72. The number of ketones is 1. The number of aryl methyl sites for hydroxylation is 2. The average Bonchev–Trinajstić information content (AvgIpc) is 2.69. The van der Waals surface area contributed by atoms with Gasteiger partial charge in [0.2, 0.25) is 0 Å². The Balaban J connectivity index is 2.22. The SMILES string of the molecule is CC(=O)CCc1nc(-c2cccnc2)c(C)[nH]1. The molecule has 0 amide bonds. The molecule has 2 heterocycles. The molecule has 0 spiro atoms. The van der Waals surface area contributed by atoms with Crippen LogP contribution in [0, 0.1) is 6.92 Å². The maximum absolute atomic E-state index is 10.9. The monoisotopic (exact) mass is 229 g/mol. The second-order valence-electron chi connectivity index (χ2n) is 4.10. The second kappa shape index (κ2) is 4.91. The Morgan fingerprint density at radius 3 is 2.94 bits per heavy atom. The summed E-state index contributed by atoms with van der Waals surface area (Å²) < 4.78 is 0. The normalized spacial score (nSPS) is 10.5. The summed E-state index contributed by atoms with van der Waals surface area (Å²) in [5.74, 6) is 1.04. The standard InChI is InChI=1S/C13H15N3O/c1-9(17)5-6-12-15-10(2)13(16-12)11-4-3-7-14-8-11/h3-4,7-8H,5-6H2,1-2H3,(H,15,16). The summed E-state index contributed by atoms with van der Waals surface area (Å²) in [6.45, 7) is 3.57. The fourth-order valence-corrected chi connectivity index (χ4v) is 1.72. The van der Waals surface area contributed by atoms with Crippen LogP contribution in [0.2, 0.25) is 0 Å². The largest absolute Gasteiger partial charge is 0.346 e. The number of imidazole rings is 1. The molecular formula is C13H15N3O. The molecule has 0 atom stereocenters. The van der Waals surface area contributed by atoms with E-state index in [1.165, 1.54) is 0 Å². The van der Waals surface area contributed by atoms with Gasteiger partial charge in [0.1, 0.15) is 11.6 Å². The predicted octanol–water partition coefficient (Wildman–Crippen LogP) is 2.30. The van der Waals surface area contributed by atoms with Gasteiger partial charge in [-0.1, -0.05) is 0 Å². The third-order valence-corrected chi connectivity index (χ3v) is 2.58. The van der Waals surface area contributed by atoms with E-state index in [0.29, 0.717) is 12.8 Å². The van der Waals surface area contributed by atoms with Crippen molar-refractivity contribution in [2.45, 2.75) is 26.7 Å². The zero-order chi connectivity index (χ0) is 12.3. The van der Waals surface area contributed by atoms with Gasteiger partial charge in [0, 0.05) is 36.5 Å². The number of hydrogen-bond donors (Lipinski definition) is 1. The number of pyridine rings is 1. The highest BCUT2D eigenvalue weighted by atomic mass is 16.1. The van der Waals surface area contributed by atoms with Crippen LogP contribution in [0.1, 0.15) is 24.9 Å². The third kappa shape index (κ3) is 2.78. The Labute approximate surface area is 100 Å². The minimum absolute atomic E-state index is 0.182. The average molecular weight is 229 g/mol. The summed E-state index contributed by atoms with van der Waals surface area (Å²) in [4.78, 5) is 22.7. The van der Waals surface area contributed by atoms with Gasteiger partial charge >= 0.3 is 0 Å². The molecule has 0 aliphatic heterocycles. The smallest absolute Gasteiger partial charge is 0.130 e. The van der Waals surface area contributed by atoms with Crippen molar-refractivity contribution < 1.29 is 4.79 Å². The lowest BCUT2D eigenvalue weighted by atomic mass is 10.2. The van der Waals surface area contributed by atoms with Crippen molar-refractivity contribution in [3.05, 3.63) is 36.0 Å². The van der Waals surface area contributed by atoms with E-state index in [9.17, 15) is 4.79 Å². The van der Waals surface area contributed by atoms with Gasteiger partial charge in [-0.05, 0) is 26.0 Å². The summed E-state index contributed by atoms with van der Waals surface area (Å²) in [6, 6.07) is 3.86. The van der Waals surface area contributed by atoms with Crippen LogP contribution in [0.4, 0.5) is 0 Å². The van der Waals surface area contributed by atoms with Gasteiger partial charge in [0.25, 0.3) is 0 Å². The highest BCUT2D eigenvalue weighted by molar-refractivity contribution is 5.75. The second-order valence-corrected chi connectivity index (χ2v) is 4.10. The molecule has 0 aromatic carbocycles. The van der Waals surface area contributed by atoms with E-state index in [-0.39, 0.29) is 5.78 Å². The topological polar surface area (TPSA) is 58.6 Å². The van der Waals surface area contributed by atoms with Crippen LogP contribution < -0.4 is 0 Å². The summed E-state index contributed by atoms with van der Waals surface area (Å²) in [5.41, 5.74) is 2.92. The molecule has 1 N–H and O–H groups in total. The maximum atomic E-state index is 10.9. The van der Waals surface area contributed by atoms with E-state index in [2.05, 4.69) is 15.0 Å². The Morgan fingerprint density at radius 2 is 2.29 bits per heavy atom. The quantitative estimate of drug-likeness (QED) is 0.875. The molecule has 4 heteroatoms. The first-order valence-electron chi connectivity index (χ1n) is 5.62. The maximum Gasteiger partial charge on any atom is 0.130 e. The molecule has 0 aliphatic rings. The Hall–Kier alpha value is -1.97. The molecule has 4 nitrogen and oxygen atoms in total. The molecule has 0 bridgehead atoms. The van der Waals surface area contributed by atoms with Crippen molar-refractivity contribution in [2.24, 2.45) is 0 Å². The molecule has 0 aliphatic carbocycles. The van der Waals surface area contributed by atoms with Gasteiger partial charge in [-0.2, -0.15) is 0 Å². The molecule has 2 aromatic rings. The number of carbonyl (C=O) groups excluding carboxylic acids is 1. The van der Waals surface area contributed by atoms with E-state index in [1.54, 1.807) is 19.3 Å². The molecule has 0 saturated heterocycles. The van der Waals surface area contributed by atoms with Crippen molar-refractivity contribution >= 4 is 5.78 Å². The van der Waals surface area contributed by atoms with Crippen molar-refractivity contribution in [3.63, 3.8) is 0 Å². The number of Topliss-reactive ketones (excluding diaryl/α,β-unsaturated/α-hetero) is 1. The molecule has 0 fully saturated rings. The lowest BCUT2D eigenvalue weighted by molar-refractivity contribution is -0.117. The molecular weight excluding hydrogens is 214 g/mol. The summed E-state index contributed by atoms with van der Waals surface area (Å²) in [6.07, 6.45) is 4.72. The van der Waals surface area contributed by atoms with E-state index >= 15 is 0 Å². The van der Waals surface area contributed by atoms with E-state index in [1.807, 2.05) is 19.1 Å². The van der Waals surface area contributed by atoms with Crippen LogP contribution in [0.3, 0.4) is 0 Å². The lowest BCUT2D eigenvalue weighted by Gasteiger charge is -1.95. The number of H-pyrrole nitrogens is 1. The first-order valence-corrected chi connectivity index (χ1v) is 5.62. The highest BCUT2D eigenvalue weighted by Gasteiger charge is 2.09. The predicted molar refractivity (Wildman–Crippen MR) is 65.6 cm³/mol. The number of aromatic nitrogens is 3. The fraction of sp³-hybridized carbons (Fsp3) is 0.308. The third-order valence-electron chi connectivity index (χ3n) is 2.58. The number of hydrogen-bond acceptors (Lipinski definition) is 3. The van der Waals surface area contributed by atoms with E-state index in [0.717, 1.165) is 22.8 Å². The van der Waals surface area contributed by atoms with Crippen molar-refractivity contribution in [1.82, 2.24) is 15.0 Å². The summed E-state index contributed by atoms with van der Waals surface area (Å²) in [5, 5.41) is 0. The van der Waals surface area contributed by atoms with Gasteiger partial charge in [0.15, 0.2) is 0 Å². The first-order chi connectivity index (χ1) is 8.16. The highest BCUT2D eigenvalue weighted by Crippen LogP contribution is 2.20. The molecule has 0 unspecified atom stereocenters. The molecule has 2 aromatic heterocycles. The molecule has 88 valence electrons. The van der Waals surface area contributed by atoms with Crippen LogP contribution >= 0.6 is 0 Å². The first kappa shape index (κ1) is 11.5. The van der Waals surface area contributed by atoms with Gasteiger partial charge in [-0.25, -0.2) is 4.98 Å². The van der Waals surface area contributed by atoms with Crippen LogP contribution in [0.25, 0.3) is 11.3 Å². The molecule has 2 rings (SSSR count). The number of carbonyl (C=O) groups is 1. The molecule has 0 radical (unpaired) electrons. The zero-order valence-corrected chi connectivity index (χ0v) is 10.0. The van der Waals surface area contributed by atoms with Gasteiger partial charge in [0.05, 0.1) is 5.69 Å². The summed E-state index contributed by atoms with van der Waals surface area (Å²) in [7, 11) is 0. The van der Waals surface area contributed by atoms with Crippen LogP contribution in [0.15, 0.2) is 24.5 Å². The lowest BCUT2D eigenvalue weighted by Crippen LogP contribution is -1.95. The Morgan fingerprint density at radius 1 is 1.47 bits per heavy atom. The minimum atomic E-state index is 0.182. The van der Waals surface area contributed by atoms with Gasteiger partial charge in [-0.3, -0.25) is 4.98 Å². The van der Waals surface area contributed by atoms with E-state index < -0.39 is 0 Å². The molecule has 0 saturated carbocycles. The summed E-state index contributed by atoms with van der Waals surface area (Å²) >= 11 is 0. The van der Waals surface area contributed by atoms with Crippen molar-refractivity contribution in [1.29, 1.82) is 0 Å². The van der Waals surface area contributed by atoms with Gasteiger partial charge < -0.3 is 9.78 Å². The van der Waals surface area contributed by atoms with Crippen molar-refractivity contribution in [3.8, 4) is 11.3 Å².